The van der Waals surface area contributed by atoms with Gasteiger partial charge in [-0.25, -0.2) is 9.78 Å². The summed E-state index contributed by atoms with van der Waals surface area (Å²) < 4.78 is 12.2. The number of aromatic nitrogens is 2. The summed E-state index contributed by atoms with van der Waals surface area (Å²) in [6.45, 7) is 0. The molecule has 0 aliphatic carbocycles. The standard InChI is InChI=1S/C22H18ClN3O3/c1-28-19-10-5-14(12-20(19)29-2)18-13-26(21-17(18)4-3-11-24-21)22(27)25-16-8-6-15(23)7-9-16/h3-13H,1-2H3,(H,25,27). The smallest absolute Gasteiger partial charge is 0.331 e. The second kappa shape index (κ2) is 7.85. The maximum absolute atomic E-state index is 12.9. The van der Waals surface area contributed by atoms with Crippen LogP contribution < -0.4 is 14.8 Å². The van der Waals surface area contributed by atoms with E-state index in [1.165, 1.54) is 4.57 Å². The van der Waals surface area contributed by atoms with Crippen LogP contribution in [-0.2, 0) is 0 Å². The third-order valence-electron chi connectivity index (χ3n) is 4.57. The average molecular weight is 408 g/mol. The number of nitrogens with zero attached hydrogens (tertiary/aromatic N) is 2. The lowest BCUT2D eigenvalue weighted by Gasteiger charge is -2.09. The van der Waals surface area contributed by atoms with Gasteiger partial charge in [-0.2, -0.15) is 0 Å². The number of nitrogens with one attached hydrogen (secondary N) is 1. The first kappa shape index (κ1) is 18.8. The molecule has 4 rings (SSSR count). The molecule has 0 saturated carbocycles. The maximum atomic E-state index is 12.9. The van der Waals surface area contributed by atoms with Crippen molar-refractivity contribution in [2.45, 2.75) is 0 Å². The fourth-order valence-corrected chi connectivity index (χ4v) is 3.29. The van der Waals surface area contributed by atoms with Gasteiger partial charge in [-0.1, -0.05) is 17.7 Å². The number of halogens is 1. The fourth-order valence-electron chi connectivity index (χ4n) is 3.16. The van der Waals surface area contributed by atoms with E-state index in [0.717, 1.165) is 16.5 Å². The number of benzene rings is 2. The normalized spacial score (nSPS) is 10.7. The molecule has 0 bridgehead atoms. The van der Waals surface area contributed by atoms with E-state index in [2.05, 4.69) is 10.3 Å². The van der Waals surface area contributed by atoms with Gasteiger partial charge >= 0.3 is 6.03 Å². The topological polar surface area (TPSA) is 65.4 Å². The van der Waals surface area contributed by atoms with Gasteiger partial charge in [0.1, 0.15) is 5.65 Å². The Morgan fingerprint density at radius 1 is 1.03 bits per heavy atom. The number of hydrogen-bond acceptors (Lipinski definition) is 4. The van der Waals surface area contributed by atoms with Gasteiger partial charge in [0.25, 0.3) is 0 Å². The summed E-state index contributed by atoms with van der Waals surface area (Å²) in [6, 6.07) is 16.0. The summed E-state index contributed by atoms with van der Waals surface area (Å²) in [5.74, 6) is 1.25. The van der Waals surface area contributed by atoms with Crippen molar-refractivity contribution in [3.63, 3.8) is 0 Å². The number of rotatable bonds is 4. The van der Waals surface area contributed by atoms with Crippen LogP contribution in [0.1, 0.15) is 0 Å². The minimum atomic E-state index is -0.317. The van der Waals surface area contributed by atoms with Crippen LogP contribution in [0.2, 0.25) is 5.02 Å². The second-order valence-corrected chi connectivity index (χ2v) is 6.73. The Labute approximate surface area is 172 Å². The Hall–Kier alpha value is -3.51. The van der Waals surface area contributed by atoms with Crippen molar-refractivity contribution in [1.82, 2.24) is 9.55 Å². The van der Waals surface area contributed by atoms with Gasteiger partial charge in [0, 0.05) is 34.1 Å². The van der Waals surface area contributed by atoms with Gasteiger partial charge < -0.3 is 14.8 Å². The van der Waals surface area contributed by atoms with E-state index >= 15 is 0 Å². The van der Waals surface area contributed by atoms with Crippen LogP contribution in [0.3, 0.4) is 0 Å². The third kappa shape index (κ3) is 3.62. The predicted molar refractivity (Wildman–Crippen MR) is 114 cm³/mol. The Balaban J connectivity index is 1.77. The quantitative estimate of drug-likeness (QED) is 0.488. The summed E-state index contributed by atoms with van der Waals surface area (Å²) in [4.78, 5) is 17.3. The minimum absolute atomic E-state index is 0.317. The van der Waals surface area contributed by atoms with Gasteiger partial charge in [-0.3, -0.25) is 4.57 Å². The van der Waals surface area contributed by atoms with E-state index in [9.17, 15) is 4.79 Å². The van der Waals surface area contributed by atoms with E-state index < -0.39 is 0 Å². The van der Waals surface area contributed by atoms with E-state index in [1.807, 2.05) is 30.3 Å². The molecule has 6 nitrogen and oxygen atoms in total. The van der Waals surface area contributed by atoms with Crippen LogP contribution in [0.15, 0.2) is 67.0 Å². The van der Waals surface area contributed by atoms with Gasteiger partial charge in [0.15, 0.2) is 11.5 Å². The summed E-state index contributed by atoms with van der Waals surface area (Å²) in [7, 11) is 3.18. The number of hydrogen-bond donors (Lipinski definition) is 1. The zero-order valence-electron chi connectivity index (χ0n) is 15.8. The molecule has 29 heavy (non-hydrogen) atoms. The van der Waals surface area contributed by atoms with Crippen LogP contribution in [0.4, 0.5) is 10.5 Å². The summed E-state index contributed by atoms with van der Waals surface area (Å²) in [5, 5.41) is 4.32. The van der Waals surface area contributed by atoms with Crippen molar-refractivity contribution in [1.29, 1.82) is 0 Å². The molecule has 2 heterocycles. The lowest BCUT2D eigenvalue weighted by atomic mass is 10.1. The molecule has 0 spiro atoms. The zero-order chi connectivity index (χ0) is 20.4. The van der Waals surface area contributed by atoms with Crippen molar-refractivity contribution in [3.05, 3.63) is 72.0 Å². The third-order valence-corrected chi connectivity index (χ3v) is 4.82. The van der Waals surface area contributed by atoms with Crippen molar-refractivity contribution in [2.75, 3.05) is 19.5 Å². The Morgan fingerprint density at radius 3 is 2.52 bits per heavy atom. The molecule has 2 aromatic carbocycles. The van der Waals surface area contributed by atoms with E-state index in [4.69, 9.17) is 21.1 Å². The number of fused-ring (bicyclic) bond motifs is 1. The summed E-state index contributed by atoms with van der Waals surface area (Å²) in [6.07, 6.45) is 3.43. The number of anilines is 1. The average Bonchev–Trinajstić information content (AvgIpc) is 3.14. The van der Waals surface area contributed by atoms with E-state index in [-0.39, 0.29) is 6.03 Å². The Morgan fingerprint density at radius 2 is 1.79 bits per heavy atom. The van der Waals surface area contributed by atoms with Crippen molar-refractivity contribution >= 4 is 34.4 Å². The molecule has 1 N–H and O–H groups in total. The first-order chi connectivity index (χ1) is 14.1. The molecule has 146 valence electrons. The van der Waals surface area contributed by atoms with Crippen LogP contribution >= 0.6 is 11.6 Å². The molecule has 4 aromatic rings. The van der Waals surface area contributed by atoms with Crippen LogP contribution in [0, 0.1) is 0 Å². The highest BCUT2D eigenvalue weighted by Crippen LogP contribution is 2.36. The summed E-state index contributed by atoms with van der Waals surface area (Å²) >= 11 is 5.91. The lowest BCUT2D eigenvalue weighted by Crippen LogP contribution is -2.18. The molecule has 0 radical (unpaired) electrons. The summed E-state index contributed by atoms with van der Waals surface area (Å²) in [5.41, 5.74) is 2.95. The first-order valence-electron chi connectivity index (χ1n) is 8.86. The van der Waals surface area contributed by atoms with Crippen LogP contribution in [-0.4, -0.2) is 29.8 Å². The second-order valence-electron chi connectivity index (χ2n) is 6.29. The first-order valence-corrected chi connectivity index (χ1v) is 9.24. The Bertz CT molecular complexity index is 1190. The Kier molecular flexibility index (Phi) is 5.10. The van der Waals surface area contributed by atoms with E-state index in [1.54, 1.807) is 50.9 Å². The zero-order valence-corrected chi connectivity index (χ0v) is 16.6. The molecule has 0 aliphatic rings. The van der Waals surface area contributed by atoms with Crippen molar-refractivity contribution in [3.8, 4) is 22.6 Å². The highest BCUT2D eigenvalue weighted by molar-refractivity contribution is 6.30. The number of pyridine rings is 1. The highest BCUT2D eigenvalue weighted by atomic mass is 35.5. The maximum Gasteiger partial charge on any atom is 0.331 e. The highest BCUT2D eigenvalue weighted by Gasteiger charge is 2.17. The fraction of sp³-hybridized carbons (Fsp3) is 0.0909. The van der Waals surface area contributed by atoms with Gasteiger partial charge in [-0.15, -0.1) is 0 Å². The molecular weight excluding hydrogens is 390 g/mol. The SMILES string of the molecule is COc1ccc(-c2cn(C(=O)Nc3ccc(Cl)cc3)c3ncccc23)cc1OC. The molecule has 0 aliphatic heterocycles. The number of methoxy groups -OCH3 is 2. The van der Waals surface area contributed by atoms with Gasteiger partial charge in [0.05, 0.1) is 14.2 Å². The van der Waals surface area contributed by atoms with Crippen molar-refractivity contribution in [2.24, 2.45) is 0 Å². The molecule has 0 atom stereocenters. The number of carbonyl (C=O) groups is 1. The molecule has 0 unspecified atom stereocenters. The predicted octanol–water partition coefficient (Wildman–Crippen LogP) is 5.45. The number of carbonyl (C=O) groups excluding carboxylic acids is 1. The monoisotopic (exact) mass is 407 g/mol. The molecule has 2 aromatic heterocycles. The van der Waals surface area contributed by atoms with Gasteiger partial charge in [0.2, 0.25) is 0 Å². The minimum Gasteiger partial charge on any atom is -0.493 e. The van der Waals surface area contributed by atoms with Crippen molar-refractivity contribution < 1.29 is 14.3 Å². The molecular formula is C22H18ClN3O3. The molecule has 0 fully saturated rings. The van der Waals surface area contributed by atoms with Crippen LogP contribution in [0.25, 0.3) is 22.2 Å². The largest absolute Gasteiger partial charge is 0.493 e. The number of ether oxygens (including phenoxy) is 2. The lowest BCUT2D eigenvalue weighted by molar-refractivity contribution is 0.254. The number of amides is 1. The molecule has 0 saturated heterocycles. The van der Waals surface area contributed by atoms with Crippen LogP contribution in [0.5, 0.6) is 11.5 Å². The molecule has 7 heteroatoms. The molecule has 1 amide bonds. The van der Waals surface area contributed by atoms with Gasteiger partial charge in [-0.05, 0) is 54.1 Å². The van der Waals surface area contributed by atoms with E-state index in [0.29, 0.717) is 27.9 Å².